The van der Waals surface area contributed by atoms with Crippen LogP contribution in [0.4, 0.5) is 0 Å². The fourth-order valence-electron chi connectivity index (χ4n) is 4.41. The zero-order chi connectivity index (χ0) is 32.7. The molecule has 0 saturated carbocycles. The van der Waals surface area contributed by atoms with Crippen molar-refractivity contribution in [1.29, 1.82) is 0 Å². The molecule has 2 aliphatic rings. The molecule has 0 amide bonds. The van der Waals surface area contributed by atoms with E-state index in [-0.39, 0.29) is 39.6 Å². The van der Waals surface area contributed by atoms with E-state index in [1.807, 2.05) is 0 Å². The van der Waals surface area contributed by atoms with Gasteiger partial charge in [0.05, 0.1) is 13.2 Å². The third-order valence-corrected chi connectivity index (χ3v) is 6.61. The molecule has 2 aromatic rings. The summed E-state index contributed by atoms with van der Waals surface area (Å²) < 4.78 is 43.3. The molecule has 12 nitrogen and oxygen atoms in total. The predicted octanol–water partition coefficient (Wildman–Crippen LogP) is 3.25. The quantitative estimate of drug-likeness (QED) is 0.116. The minimum atomic E-state index is -0.651. The second-order valence-electron chi connectivity index (χ2n) is 9.79. The highest BCUT2D eigenvalue weighted by atomic mass is 16.7. The lowest BCUT2D eigenvalue weighted by Crippen LogP contribution is -2.35. The van der Waals surface area contributed by atoms with Gasteiger partial charge in [-0.3, -0.25) is 0 Å². The van der Waals surface area contributed by atoms with E-state index in [2.05, 4.69) is 13.2 Å². The average Bonchev–Trinajstić information content (AvgIpc) is 3.66. The van der Waals surface area contributed by atoms with Gasteiger partial charge in [-0.15, -0.1) is 0 Å². The van der Waals surface area contributed by atoms with Crippen LogP contribution in [-0.4, -0.2) is 87.9 Å². The van der Waals surface area contributed by atoms with Crippen LogP contribution in [0.5, 0.6) is 11.5 Å². The van der Waals surface area contributed by atoms with Gasteiger partial charge in [-0.25, -0.2) is 19.2 Å². The van der Waals surface area contributed by atoms with Gasteiger partial charge in [0.25, 0.3) is 0 Å². The molecule has 0 spiro atoms. The molecule has 0 aromatic heterocycles. The molecule has 4 rings (SSSR count). The first kappa shape index (κ1) is 33.7. The van der Waals surface area contributed by atoms with Gasteiger partial charge in [-0.05, 0) is 47.5 Å². The summed E-state index contributed by atoms with van der Waals surface area (Å²) in [5.41, 5.74) is 1.49. The van der Waals surface area contributed by atoms with Crippen LogP contribution in [0.3, 0.4) is 0 Å². The average molecular weight is 635 g/mol. The summed E-state index contributed by atoms with van der Waals surface area (Å²) in [5.74, 6) is -1.02. The first-order valence-corrected chi connectivity index (χ1v) is 14.4. The van der Waals surface area contributed by atoms with E-state index in [0.717, 1.165) is 23.3 Å². The highest BCUT2D eigenvalue weighted by Gasteiger charge is 2.51. The number of carbonyl (C=O) groups excluding carboxylic acids is 4. The molecule has 2 aliphatic heterocycles. The van der Waals surface area contributed by atoms with Gasteiger partial charge in [0.2, 0.25) is 0 Å². The van der Waals surface area contributed by atoms with Crippen LogP contribution >= 0.6 is 0 Å². The molecule has 12 heteroatoms. The van der Waals surface area contributed by atoms with Crippen LogP contribution in [0.1, 0.15) is 11.1 Å². The van der Waals surface area contributed by atoms with Crippen LogP contribution in [0.25, 0.3) is 12.2 Å². The Labute approximate surface area is 265 Å². The molecule has 2 saturated heterocycles. The lowest BCUT2D eigenvalue weighted by molar-refractivity contribution is -0.149. The molecule has 2 heterocycles. The van der Waals surface area contributed by atoms with Gasteiger partial charge in [0, 0.05) is 24.3 Å². The van der Waals surface area contributed by atoms with E-state index in [0.29, 0.717) is 11.5 Å². The number of ether oxygens (including phenoxy) is 8. The maximum absolute atomic E-state index is 12.5. The van der Waals surface area contributed by atoms with Gasteiger partial charge in [-0.1, -0.05) is 37.4 Å². The summed E-state index contributed by atoms with van der Waals surface area (Å²) in [6.07, 6.45) is 5.54. The summed E-state index contributed by atoms with van der Waals surface area (Å²) >= 11 is 0. The molecule has 0 aliphatic carbocycles. The normalized spacial score (nSPS) is 20.1. The SMILES string of the molecule is C=CC(=O)OCCOc1ccc(/C=C\C(=O)OC2COC3C(OC(=O)/C=C/c4ccc(OCCOC(=O)C=C)cc4)COC23)cc1. The van der Waals surface area contributed by atoms with Crippen molar-refractivity contribution in [2.24, 2.45) is 0 Å². The van der Waals surface area contributed by atoms with E-state index in [1.165, 1.54) is 12.2 Å². The second-order valence-corrected chi connectivity index (χ2v) is 9.79. The third kappa shape index (κ3) is 10.5. The molecule has 242 valence electrons. The number of fused-ring (bicyclic) bond motifs is 1. The number of hydrogen-bond donors (Lipinski definition) is 0. The van der Waals surface area contributed by atoms with Crippen molar-refractivity contribution in [1.82, 2.24) is 0 Å². The number of rotatable bonds is 16. The van der Waals surface area contributed by atoms with Gasteiger partial charge >= 0.3 is 23.9 Å². The number of benzene rings is 2. The van der Waals surface area contributed by atoms with Gasteiger partial charge in [-0.2, -0.15) is 0 Å². The number of hydrogen-bond acceptors (Lipinski definition) is 12. The fourth-order valence-corrected chi connectivity index (χ4v) is 4.41. The fraction of sp³-hybridized carbons (Fsp3) is 0.294. The Kier molecular flexibility index (Phi) is 12.7. The van der Waals surface area contributed by atoms with Crippen molar-refractivity contribution >= 4 is 36.0 Å². The van der Waals surface area contributed by atoms with Crippen molar-refractivity contribution in [2.45, 2.75) is 24.4 Å². The van der Waals surface area contributed by atoms with Crippen molar-refractivity contribution in [3.05, 3.63) is 97.1 Å². The Morgan fingerprint density at radius 1 is 0.609 bits per heavy atom. The zero-order valence-corrected chi connectivity index (χ0v) is 24.9. The Morgan fingerprint density at radius 3 is 1.37 bits per heavy atom. The Morgan fingerprint density at radius 2 is 1.00 bits per heavy atom. The monoisotopic (exact) mass is 634 g/mol. The smallest absolute Gasteiger partial charge is 0.331 e. The van der Waals surface area contributed by atoms with Crippen LogP contribution in [-0.2, 0) is 47.6 Å². The van der Waals surface area contributed by atoms with Crippen molar-refractivity contribution in [3.8, 4) is 11.5 Å². The van der Waals surface area contributed by atoms with E-state index < -0.39 is 48.3 Å². The molecule has 46 heavy (non-hydrogen) atoms. The summed E-state index contributed by atoms with van der Waals surface area (Å²) in [6, 6.07) is 13.9. The highest BCUT2D eigenvalue weighted by Crippen LogP contribution is 2.31. The van der Waals surface area contributed by atoms with Crippen molar-refractivity contribution in [2.75, 3.05) is 39.6 Å². The van der Waals surface area contributed by atoms with E-state index in [4.69, 9.17) is 37.9 Å². The van der Waals surface area contributed by atoms with E-state index >= 15 is 0 Å². The summed E-state index contributed by atoms with van der Waals surface area (Å²) in [5, 5.41) is 0. The zero-order valence-electron chi connectivity index (χ0n) is 24.9. The number of carbonyl (C=O) groups is 4. The first-order chi connectivity index (χ1) is 22.3. The Hall–Kier alpha value is -5.20. The molecule has 2 aromatic carbocycles. The standard InChI is InChI=1S/C34H34O12/c1-3-29(35)41-19-17-39-25-11-5-23(6-12-25)9-15-31(37)45-27-21-43-34-28(22-44-33(27)34)46-32(38)16-10-24-7-13-26(14-8-24)40-18-20-42-30(36)4-2/h3-16,27-28,33-34H,1-2,17-22H2/b15-9-,16-10+. The molecular weight excluding hydrogens is 600 g/mol. The van der Waals surface area contributed by atoms with E-state index in [1.54, 1.807) is 60.7 Å². The predicted molar refractivity (Wildman–Crippen MR) is 163 cm³/mol. The Balaban J connectivity index is 1.16. The highest BCUT2D eigenvalue weighted by molar-refractivity contribution is 5.88. The summed E-state index contributed by atoms with van der Waals surface area (Å²) in [4.78, 5) is 47.0. The van der Waals surface area contributed by atoms with Crippen LogP contribution < -0.4 is 9.47 Å². The molecule has 0 radical (unpaired) electrons. The maximum Gasteiger partial charge on any atom is 0.331 e. The lowest BCUT2D eigenvalue weighted by atomic mass is 10.1. The molecule has 0 bridgehead atoms. The topological polar surface area (TPSA) is 142 Å². The molecule has 4 atom stereocenters. The van der Waals surface area contributed by atoms with Crippen LogP contribution in [0, 0.1) is 0 Å². The first-order valence-electron chi connectivity index (χ1n) is 14.4. The maximum atomic E-state index is 12.5. The number of esters is 4. The molecular formula is C34H34O12. The minimum Gasteiger partial charge on any atom is -0.490 e. The van der Waals surface area contributed by atoms with Gasteiger partial charge in [0.15, 0.2) is 12.2 Å². The summed E-state index contributed by atoms with van der Waals surface area (Å²) in [6.45, 7) is 7.44. The summed E-state index contributed by atoms with van der Waals surface area (Å²) in [7, 11) is 0. The van der Waals surface area contributed by atoms with Crippen molar-refractivity contribution in [3.63, 3.8) is 0 Å². The van der Waals surface area contributed by atoms with Crippen LogP contribution in [0.2, 0.25) is 0 Å². The molecule has 2 fully saturated rings. The third-order valence-electron chi connectivity index (χ3n) is 6.61. The lowest BCUT2D eigenvalue weighted by Gasteiger charge is -2.16. The van der Waals surface area contributed by atoms with E-state index in [9.17, 15) is 19.2 Å². The second kappa shape index (κ2) is 17.3. The largest absolute Gasteiger partial charge is 0.490 e. The van der Waals surface area contributed by atoms with Crippen LogP contribution in [0.15, 0.2) is 86.0 Å². The Bertz CT molecular complexity index is 1320. The molecule has 0 N–H and O–H groups in total. The van der Waals surface area contributed by atoms with Gasteiger partial charge in [0.1, 0.15) is 50.1 Å². The van der Waals surface area contributed by atoms with Gasteiger partial charge < -0.3 is 37.9 Å². The minimum absolute atomic E-state index is 0.0998. The molecule has 4 unspecified atom stereocenters. The van der Waals surface area contributed by atoms with Crippen molar-refractivity contribution < 1.29 is 57.1 Å².